The second-order valence-electron chi connectivity index (χ2n) is 9.02. The third-order valence-corrected chi connectivity index (χ3v) is 6.12. The van der Waals surface area contributed by atoms with Crippen LogP contribution in [0.3, 0.4) is 0 Å². The Morgan fingerprint density at radius 3 is 2.53 bits per heavy atom. The number of ether oxygens (including phenoxy) is 1. The number of piperidine rings is 1. The van der Waals surface area contributed by atoms with Crippen molar-refractivity contribution in [1.29, 1.82) is 0 Å². The number of carbonyl (C=O) groups is 2. The van der Waals surface area contributed by atoms with Gasteiger partial charge in [-0.15, -0.1) is 0 Å². The molecule has 1 aliphatic rings. The van der Waals surface area contributed by atoms with Crippen LogP contribution >= 0.6 is 0 Å². The van der Waals surface area contributed by atoms with E-state index < -0.39 is 6.09 Å². The van der Waals surface area contributed by atoms with E-state index in [0.29, 0.717) is 12.6 Å². The molecule has 1 unspecified atom stereocenters. The van der Waals surface area contributed by atoms with Crippen molar-refractivity contribution < 1.29 is 14.3 Å². The largest absolute Gasteiger partial charge is 0.450 e. The van der Waals surface area contributed by atoms with Gasteiger partial charge in [0.05, 0.1) is 6.61 Å². The lowest BCUT2D eigenvalue weighted by Crippen LogP contribution is -2.51. The normalized spacial score (nSPS) is 16.2. The van der Waals surface area contributed by atoms with Crippen molar-refractivity contribution in [2.24, 2.45) is 5.73 Å². The first-order valence-corrected chi connectivity index (χ1v) is 12.1. The van der Waals surface area contributed by atoms with E-state index in [2.05, 4.69) is 53.1 Å². The van der Waals surface area contributed by atoms with Crippen molar-refractivity contribution in [1.82, 2.24) is 14.7 Å². The van der Waals surface area contributed by atoms with E-state index in [1.807, 2.05) is 6.07 Å². The second kappa shape index (κ2) is 14.7. The summed E-state index contributed by atoms with van der Waals surface area (Å²) in [6.07, 6.45) is 8.33. The second-order valence-corrected chi connectivity index (χ2v) is 9.02. The minimum atomic E-state index is -0.709. The lowest BCUT2D eigenvalue weighted by atomic mass is 9.97. The molecule has 180 valence electrons. The Morgan fingerprint density at radius 1 is 1.03 bits per heavy atom. The number of hydrogen-bond donors (Lipinski definition) is 1. The summed E-state index contributed by atoms with van der Waals surface area (Å²) in [6, 6.07) is 10.9. The third kappa shape index (κ3) is 9.90. The number of hydrogen-bond acceptors (Lipinski definition) is 4. The molecule has 0 aromatic heterocycles. The lowest BCUT2D eigenvalue weighted by Gasteiger charge is -2.39. The number of urea groups is 1. The summed E-state index contributed by atoms with van der Waals surface area (Å²) >= 11 is 0. The average molecular weight is 447 g/mol. The first kappa shape index (κ1) is 26.0. The fourth-order valence-electron chi connectivity index (χ4n) is 4.36. The number of likely N-dealkylation sites (tertiary alicyclic amines) is 1. The Hall–Kier alpha value is -2.28. The number of carbonyl (C=O) groups excluding carboxylic acids is 2. The molecule has 0 bridgehead atoms. The van der Waals surface area contributed by atoms with Crippen molar-refractivity contribution >= 4 is 12.1 Å². The summed E-state index contributed by atoms with van der Waals surface area (Å²) in [4.78, 5) is 30.6. The molecule has 7 nitrogen and oxygen atoms in total. The van der Waals surface area contributed by atoms with Crippen LogP contribution in [0.25, 0.3) is 0 Å². The maximum Gasteiger partial charge on any atom is 0.404 e. The summed E-state index contributed by atoms with van der Waals surface area (Å²) in [5.74, 6) is 0. The molecule has 0 saturated carbocycles. The van der Waals surface area contributed by atoms with Gasteiger partial charge < -0.3 is 25.2 Å². The predicted molar refractivity (Wildman–Crippen MR) is 129 cm³/mol. The molecule has 1 heterocycles. The summed E-state index contributed by atoms with van der Waals surface area (Å²) in [6.45, 7) is 3.75. The Bertz CT molecular complexity index is 668. The van der Waals surface area contributed by atoms with E-state index in [1.54, 1.807) is 0 Å². The number of amides is 3. The van der Waals surface area contributed by atoms with Crippen LogP contribution in [0, 0.1) is 0 Å². The first-order chi connectivity index (χ1) is 15.5. The van der Waals surface area contributed by atoms with Gasteiger partial charge in [0.2, 0.25) is 0 Å². The van der Waals surface area contributed by atoms with Gasteiger partial charge in [-0.1, -0.05) is 36.8 Å². The lowest BCUT2D eigenvalue weighted by molar-refractivity contribution is 0.109. The highest BCUT2D eigenvalue weighted by atomic mass is 16.5. The SMILES string of the molecule is CN(C)CCCN(CCc1ccccc1)C(=O)N1CCCCC1CCCCCOC(N)=O. The van der Waals surface area contributed by atoms with Gasteiger partial charge in [-0.05, 0) is 77.6 Å². The van der Waals surface area contributed by atoms with Crippen LogP contribution < -0.4 is 5.73 Å². The molecule has 1 saturated heterocycles. The molecule has 1 aromatic carbocycles. The zero-order valence-electron chi connectivity index (χ0n) is 20.0. The highest BCUT2D eigenvalue weighted by Gasteiger charge is 2.29. The molecule has 7 heteroatoms. The van der Waals surface area contributed by atoms with E-state index in [9.17, 15) is 9.59 Å². The van der Waals surface area contributed by atoms with Crippen LogP contribution in [0.4, 0.5) is 9.59 Å². The van der Waals surface area contributed by atoms with Crippen LogP contribution in [-0.2, 0) is 11.2 Å². The maximum atomic E-state index is 13.6. The molecule has 1 aliphatic heterocycles. The minimum Gasteiger partial charge on any atom is -0.450 e. The molecule has 0 aliphatic carbocycles. The van der Waals surface area contributed by atoms with Gasteiger partial charge in [-0.25, -0.2) is 9.59 Å². The molecule has 1 aromatic rings. The summed E-state index contributed by atoms with van der Waals surface area (Å²) in [5, 5.41) is 0. The predicted octanol–water partition coefficient (Wildman–Crippen LogP) is 4.11. The summed E-state index contributed by atoms with van der Waals surface area (Å²) in [5.41, 5.74) is 6.27. The number of nitrogens with zero attached hydrogens (tertiary/aromatic N) is 3. The smallest absolute Gasteiger partial charge is 0.404 e. The number of unbranched alkanes of at least 4 members (excludes halogenated alkanes) is 2. The first-order valence-electron chi connectivity index (χ1n) is 12.1. The number of rotatable bonds is 13. The van der Waals surface area contributed by atoms with Gasteiger partial charge in [-0.2, -0.15) is 0 Å². The fraction of sp³-hybridized carbons (Fsp3) is 0.680. The molecule has 0 radical (unpaired) electrons. The summed E-state index contributed by atoms with van der Waals surface area (Å²) < 4.78 is 4.81. The van der Waals surface area contributed by atoms with Crippen LogP contribution in [0.1, 0.15) is 56.9 Å². The van der Waals surface area contributed by atoms with Crippen molar-refractivity contribution in [3.63, 3.8) is 0 Å². The van der Waals surface area contributed by atoms with Crippen molar-refractivity contribution in [2.45, 2.75) is 63.8 Å². The molecule has 1 fully saturated rings. The Kier molecular flexibility index (Phi) is 11.9. The Labute approximate surface area is 193 Å². The van der Waals surface area contributed by atoms with Gasteiger partial charge in [0.15, 0.2) is 0 Å². The zero-order valence-corrected chi connectivity index (χ0v) is 20.0. The van der Waals surface area contributed by atoms with Crippen LogP contribution in [0.15, 0.2) is 30.3 Å². The number of benzene rings is 1. The molecule has 32 heavy (non-hydrogen) atoms. The van der Waals surface area contributed by atoms with Crippen molar-refractivity contribution in [3.05, 3.63) is 35.9 Å². The number of nitrogens with two attached hydrogens (primary N) is 1. The Balaban J connectivity index is 1.91. The molecular formula is C25H42N4O3. The fourth-order valence-corrected chi connectivity index (χ4v) is 4.36. The molecule has 1 atom stereocenters. The monoisotopic (exact) mass is 446 g/mol. The van der Waals surface area contributed by atoms with Crippen molar-refractivity contribution in [3.8, 4) is 0 Å². The third-order valence-electron chi connectivity index (χ3n) is 6.12. The minimum absolute atomic E-state index is 0.196. The highest BCUT2D eigenvalue weighted by molar-refractivity contribution is 5.75. The van der Waals surface area contributed by atoms with Gasteiger partial charge in [0.25, 0.3) is 0 Å². The van der Waals surface area contributed by atoms with Gasteiger partial charge in [0, 0.05) is 25.7 Å². The molecule has 0 spiro atoms. The van der Waals surface area contributed by atoms with Crippen LogP contribution in [-0.4, -0.2) is 79.7 Å². The molecule has 2 N–H and O–H groups in total. The van der Waals surface area contributed by atoms with Crippen molar-refractivity contribution in [2.75, 3.05) is 46.9 Å². The Morgan fingerprint density at radius 2 is 1.81 bits per heavy atom. The van der Waals surface area contributed by atoms with Gasteiger partial charge in [-0.3, -0.25) is 0 Å². The van der Waals surface area contributed by atoms with Crippen LogP contribution in [0.2, 0.25) is 0 Å². The van der Waals surface area contributed by atoms with Gasteiger partial charge in [0.1, 0.15) is 0 Å². The van der Waals surface area contributed by atoms with Gasteiger partial charge >= 0.3 is 12.1 Å². The standard InChI is InChI=1S/C25H42N4O3/c1-27(2)17-11-18-28(20-16-22-12-5-3-6-13-22)25(31)29-19-9-8-15-23(29)14-7-4-10-21-32-24(26)30/h3,5-6,12-13,23H,4,7-11,14-21H2,1-2H3,(H2,26,30). The van der Waals surface area contributed by atoms with Crippen LogP contribution in [0.5, 0.6) is 0 Å². The highest BCUT2D eigenvalue weighted by Crippen LogP contribution is 2.23. The quantitative estimate of drug-likeness (QED) is 0.463. The number of primary amides is 1. The topological polar surface area (TPSA) is 79.1 Å². The van der Waals surface area contributed by atoms with E-state index in [4.69, 9.17) is 10.5 Å². The van der Waals surface area contributed by atoms with E-state index in [1.165, 1.54) is 12.0 Å². The molecular weight excluding hydrogens is 404 g/mol. The average Bonchev–Trinajstić information content (AvgIpc) is 2.78. The molecule has 2 rings (SSSR count). The van der Waals surface area contributed by atoms with E-state index >= 15 is 0 Å². The van der Waals surface area contributed by atoms with E-state index in [0.717, 1.165) is 77.5 Å². The zero-order chi connectivity index (χ0) is 23.2. The summed E-state index contributed by atoms with van der Waals surface area (Å²) in [7, 11) is 4.15. The maximum absolute atomic E-state index is 13.6. The van der Waals surface area contributed by atoms with E-state index in [-0.39, 0.29) is 6.03 Å². The molecule has 3 amide bonds.